The summed E-state index contributed by atoms with van der Waals surface area (Å²) >= 11 is 0. The predicted octanol–water partition coefficient (Wildman–Crippen LogP) is 4.04. The molecular formula is C35H47N5O5S. The van der Waals surface area contributed by atoms with Gasteiger partial charge in [0.15, 0.2) is 0 Å². The van der Waals surface area contributed by atoms with Gasteiger partial charge in [-0.3, -0.25) is 14.5 Å². The van der Waals surface area contributed by atoms with E-state index in [1.165, 1.54) is 11.8 Å². The van der Waals surface area contributed by atoms with E-state index in [0.29, 0.717) is 43.8 Å². The molecule has 248 valence electrons. The Bertz CT molecular complexity index is 1600. The SMILES string of the molecule is CCN(c1cc(-c2ccc(CN3CCOCC3)cc2)cc(C(=O)NCC2C(=O)N=C(C)C=C2C)c1C)C1CCN(S(C)(=O)=O)CC1. The summed E-state index contributed by atoms with van der Waals surface area (Å²) in [4.78, 5) is 35.3. The Hall–Kier alpha value is -3.38. The Labute approximate surface area is 273 Å². The lowest BCUT2D eigenvalue weighted by molar-refractivity contribution is -0.120. The van der Waals surface area contributed by atoms with Crippen LogP contribution in [0.3, 0.4) is 0 Å². The number of nitrogens with zero attached hydrogens (tertiary/aromatic N) is 4. The molecule has 1 N–H and O–H groups in total. The second-order valence-electron chi connectivity index (χ2n) is 12.7. The van der Waals surface area contributed by atoms with E-state index in [2.05, 4.69) is 57.4 Å². The first-order valence-corrected chi connectivity index (χ1v) is 18.1. The van der Waals surface area contributed by atoms with Crippen molar-refractivity contribution in [1.82, 2.24) is 14.5 Å². The number of rotatable bonds is 10. The van der Waals surface area contributed by atoms with Crippen molar-refractivity contribution in [1.29, 1.82) is 0 Å². The number of dihydropyridines is 1. The summed E-state index contributed by atoms with van der Waals surface area (Å²) in [5, 5.41) is 3.03. The van der Waals surface area contributed by atoms with Crippen LogP contribution in [0, 0.1) is 12.8 Å². The van der Waals surface area contributed by atoms with Crippen LogP contribution in [0.2, 0.25) is 0 Å². The molecule has 0 saturated carbocycles. The van der Waals surface area contributed by atoms with Crippen molar-refractivity contribution in [3.63, 3.8) is 0 Å². The smallest absolute Gasteiger partial charge is 0.254 e. The van der Waals surface area contributed by atoms with Crippen molar-refractivity contribution in [3.8, 4) is 11.1 Å². The molecule has 46 heavy (non-hydrogen) atoms. The maximum Gasteiger partial charge on any atom is 0.254 e. The average Bonchev–Trinajstić information content (AvgIpc) is 3.02. The molecule has 0 spiro atoms. The van der Waals surface area contributed by atoms with Gasteiger partial charge in [0.1, 0.15) is 0 Å². The number of carbonyl (C=O) groups excluding carboxylic acids is 2. The minimum absolute atomic E-state index is 0.137. The van der Waals surface area contributed by atoms with Crippen LogP contribution < -0.4 is 10.2 Å². The van der Waals surface area contributed by atoms with E-state index in [4.69, 9.17) is 4.74 Å². The number of morpholine rings is 1. The van der Waals surface area contributed by atoms with Gasteiger partial charge in [-0.1, -0.05) is 29.8 Å². The summed E-state index contributed by atoms with van der Waals surface area (Å²) in [6.45, 7) is 13.8. The molecule has 2 saturated heterocycles. The van der Waals surface area contributed by atoms with E-state index in [-0.39, 0.29) is 24.4 Å². The second kappa shape index (κ2) is 14.6. The standard InChI is InChI=1S/C35H47N5O5S/c1-6-40(30-11-13-39(14-12-30)46(5,43)44)33-21-29(28-9-7-27(8-10-28)23-38-15-17-45-18-16-38)20-31(26(33)4)34(41)36-22-32-24(2)19-25(3)37-35(32)42/h7-10,19-21,30,32H,6,11-18,22-23H2,1-5H3,(H,36,41). The lowest BCUT2D eigenvalue weighted by Crippen LogP contribution is -2.47. The topological polar surface area (TPSA) is 112 Å². The van der Waals surface area contributed by atoms with E-state index in [9.17, 15) is 18.0 Å². The summed E-state index contributed by atoms with van der Waals surface area (Å²) < 4.78 is 31.4. The van der Waals surface area contributed by atoms with Gasteiger partial charge < -0.3 is 15.0 Å². The molecule has 1 unspecified atom stereocenters. The molecule has 11 heteroatoms. The van der Waals surface area contributed by atoms with Crippen LogP contribution in [0.15, 0.2) is 53.0 Å². The van der Waals surface area contributed by atoms with E-state index >= 15 is 0 Å². The largest absolute Gasteiger partial charge is 0.379 e. The average molecular weight is 650 g/mol. The number of nitrogens with one attached hydrogen (secondary N) is 1. The molecule has 5 rings (SSSR count). The molecular weight excluding hydrogens is 602 g/mol. The zero-order valence-corrected chi connectivity index (χ0v) is 28.5. The van der Waals surface area contributed by atoms with Gasteiger partial charge in [-0.15, -0.1) is 0 Å². The van der Waals surface area contributed by atoms with E-state index in [0.717, 1.165) is 60.8 Å². The van der Waals surface area contributed by atoms with E-state index < -0.39 is 15.9 Å². The van der Waals surface area contributed by atoms with E-state index in [1.54, 1.807) is 11.2 Å². The fourth-order valence-corrected chi connectivity index (χ4v) is 7.65. The molecule has 0 bridgehead atoms. The molecule has 2 fully saturated rings. The third kappa shape index (κ3) is 7.94. The zero-order valence-electron chi connectivity index (χ0n) is 27.7. The summed E-state index contributed by atoms with van der Waals surface area (Å²) in [6.07, 6.45) is 4.57. The number of hydrogen-bond donors (Lipinski definition) is 1. The van der Waals surface area contributed by atoms with Crippen LogP contribution in [-0.2, 0) is 26.1 Å². The highest BCUT2D eigenvalue weighted by Crippen LogP contribution is 2.34. The van der Waals surface area contributed by atoms with Crippen LogP contribution in [0.4, 0.5) is 5.69 Å². The second-order valence-corrected chi connectivity index (χ2v) is 14.7. The summed E-state index contributed by atoms with van der Waals surface area (Å²) in [5.41, 5.74) is 7.11. The maximum absolute atomic E-state index is 13.9. The normalized spacial score (nSPS) is 20.3. The molecule has 10 nitrogen and oxygen atoms in total. The number of allylic oxidation sites excluding steroid dienone is 1. The number of anilines is 1. The summed E-state index contributed by atoms with van der Waals surface area (Å²) in [5.74, 6) is -0.958. The Morgan fingerprint density at radius 1 is 1.02 bits per heavy atom. The number of hydrogen-bond acceptors (Lipinski definition) is 7. The molecule has 3 heterocycles. The van der Waals surface area contributed by atoms with Gasteiger partial charge in [0.05, 0.1) is 25.4 Å². The molecule has 2 aromatic rings. The monoisotopic (exact) mass is 649 g/mol. The first-order chi connectivity index (χ1) is 21.9. The van der Waals surface area contributed by atoms with Gasteiger partial charge in [-0.05, 0) is 81.0 Å². The maximum atomic E-state index is 13.9. The van der Waals surface area contributed by atoms with Gasteiger partial charge in [-0.2, -0.15) is 0 Å². The number of sulfonamides is 1. The predicted molar refractivity (Wildman–Crippen MR) is 183 cm³/mol. The van der Waals surface area contributed by atoms with Crippen molar-refractivity contribution in [2.75, 3.05) is 63.6 Å². The zero-order chi connectivity index (χ0) is 33.0. The van der Waals surface area contributed by atoms with Gasteiger partial charge in [0, 0.05) is 68.8 Å². The molecule has 0 aliphatic carbocycles. The third-order valence-electron chi connectivity index (χ3n) is 9.44. The number of carbonyl (C=O) groups is 2. The highest BCUT2D eigenvalue weighted by atomic mass is 32.2. The van der Waals surface area contributed by atoms with Crippen LogP contribution in [0.25, 0.3) is 11.1 Å². The number of ether oxygens (including phenoxy) is 1. The van der Waals surface area contributed by atoms with Gasteiger partial charge >= 0.3 is 0 Å². The lowest BCUT2D eigenvalue weighted by Gasteiger charge is -2.39. The summed E-state index contributed by atoms with van der Waals surface area (Å²) in [7, 11) is -3.24. The Kier molecular flexibility index (Phi) is 10.8. The third-order valence-corrected chi connectivity index (χ3v) is 10.7. The minimum atomic E-state index is -3.24. The van der Waals surface area contributed by atoms with Crippen molar-refractivity contribution in [2.24, 2.45) is 10.9 Å². The molecule has 2 amide bonds. The van der Waals surface area contributed by atoms with Crippen molar-refractivity contribution >= 4 is 33.2 Å². The lowest BCUT2D eigenvalue weighted by atomic mass is 9.93. The quantitative estimate of drug-likeness (QED) is 0.414. The Balaban J connectivity index is 1.44. The first-order valence-electron chi connectivity index (χ1n) is 16.3. The highest BCUT2D eigenvalue weighted by molar-refractivity contribution is 7.88. The number of aliphatic imine (C=N–C) groups is 1. The Morgan fingerprint density at radius 3 is 2.30 bits per heavy atom. The first kappa shape index (κ1) is 34.0. The van der Waals surface area contributed by atoms with Crippen LogP contribution in [0.1, 0.15) is 55.1 Å². The molecule has 3 aliphatic rings. The van der Waals surface area contributed by atoms with Crippen LogP contribution in [-0.4, -0.2) is 99.9 Å². The van der Waals surface area contributed by atoms with Crippen LogP contribution in [0.5, 0.6) is 0 Å². The molecule has 2 aromatic carbocycles. The van der Waals surface area contributed by atoms with Gasteiger partial charge in [-0.25, -0.2) is 17.7 Å². The molecule has 1 atom stereocenters. The summed E-state index contributed by atoms with van der Waals surface area (Å²) in [6, 6.07) is 12.8. The molecule has 0 aromatic heterocycles. The van der Waals surface area contributed by atoms with Crippen LogP contribution >= 0.6 is 0 Å². The highest BCUT2D eigenvalue weighted by Gasteiger charge is 2.30. The van der Waals surface area contributed by atoms with Crippen molar-refractivity contribution in [2.45, 2.75) is 53.1 Å². The van der Waals surface area contributed by atoms with Gasteiger partial charge in [0.2, 0.25) is 10.0 Å². The molecule has 3 aliphatic heterocycles. The number of benzene rings is 2. The van der Waals surface area contributed by atoms with Crippen molar-refractivity contribution < 1.29 is 22.7 Å². The Morgan fingerprint density at radius 2 is 1.70 bits per heavy atom. The van der Waals surface area contributed by atoms with E-state index in [1.807, 2.05) is 26.0 Å². The van der Waals surface area contributed by atoms with Crippen molar-refractivity contribution in [3.05, 3.63) is 64.7 Å². The number of amides is 2. The fraction of sp³-hybridized carbons (Fsp3) is 0.514. The fourth-order valence-electron chi connectivity index (χ4n) is 6.78. The number of piperidine rings is 1. The molecule has 0 radical (unpaired) electrons. The van der Waals surface area contributed by atoms with Gasteiger partial charge in [0.25, 0.3) is 11.8 Å². The minimum Gasteiger partial charge on any atom is -0.379 e.